The van der Waals surface area contributed by atoms with Crippen molar-refractivity contribution in [2.75, 3.05) is 7.11 Å². The Bertz CT molecular complexity index is 366. The third kappa shape index (κ3) is 2.95. The Morgan fingerprint density at radius 1 is 1.60 bits per heavy atom. The van der Waals surface area contributed by atoms with Crippen LogP contribution in [0.25, 0.3) is 0 Å². The van der Waals surface area contributed by atoms with Gasteiger partial charge in [-0.15, -0.1) is 11.6 Å². The summed E-state index contributed by atoms with van der Waals surface area (Å²) < 4.78 is 5.60. The van der Waals surface area contributed by atoms with Crippen molar-refractivity contribution in [3.05, 3.63) is 33.8 Å². The Labute approximate surface area is 103 Å². The van der Waals surface area contributed by atoms with Crippen LogP contribution < -0.4 is 0 Å². The fourth-order valence-corrected chi connectivity index (χ4v) is 2.19. The van der Waals surface area contributed by atoms with Crippen LogP contribution in [0.5, 0.6) is 0 Å². The minimum atomic E-state index is -0.254. The number of ether oxygens (including phenoxy) is 1. The molecule has 1 rings (SSSR count). The standard InChI is InChI=1S/C11H12BrClO2/c1-7(11(14)15-2)8-3-4-9(6-13)10(12)5-8/h3-5,7H,6H2,1-2H3. The Hall–Kier alpha value is -0.540. The molecule has 15 heavy (non-hydrogen) atoms. The predicted molar refractivity (Wildman–Crippen MR) is 64.1 cm³/mol. The molecular formula is C11H12BrClO2. The molecule has 2 nitrogen and oxygen atoms in total. The lowest BCUT2D eigenvalue weighted by Crippen LogP contribution is -2.10. The summed E-state index contributed by atoms with van der Waals surface area (Å²) in [5.74, 6) is -0.0378. The summed E-state index contributed by atoms with van der Waals surface area (Å²) in [7, 11) is 1.39. The first-order valence-corrected chi connectivity index (χ1v) is 5.85. The second-order valence-corrected chi connectivity index (χ2v) is 4.35. The van der Waals surface area contributed by atoms with Gasteiger partial charge in [-0.05, 0) is 24.1 Å². The molecule has 0 fully saturated rings. The van der Waals surface area contributed by atoms with Gasteiger partial charge in [-0.2, -0.15) is 0 Å². The molecule has 0 saturated carbocycles. The molecule has 1 atom stereocenters. The molecule has 82 valence electrons. The maximum absolute atomic E-state index is 11.3. The number of methoxy groups -OCH3 is 1. The van der Waals surface area contributed by atoms with Gasteiger partial charge >= 0.3 is 5.97 Å². The number of alkyl halides is 1. The number of esters is 1. The molecule has 1 aromatic carbocycles. The van der Waals surface area contributed by atoms with Gasteiger partial charge in [0.15, 0.2) is 0 Å². The summed E-state index contributed by atoms with van der Waals surface area (Å²) >= 11 is 9.14. The van der Waals surface area contributed by atoms with E-state index in [2.05, 4.69) is 20.7 Å². The highest BCUT2D eigenvalue weighted by Crippen LogP contribution is 2.25. The summed E-state index contributed by atoms with van der Waals surface area (Å²) in [5, 5.41) is 0. The fourth-order valence-electron chi connectivity index (χ4n) is 1.25. The number of hydrogen-bond acceptors (Lipinski definition) is 2. The molecule has 0 aliphatic carbocycles. The zero-order valence-electron chi connectivity index (χ0n) is 8.59. The average molecular weight is 292 g/mol. The van der Waals surface area contributed by atoms with Crippen LogP contribution in [0.1, 0.15) is 24.0 Å². The molecule has 1 unspecified atom stereocenters. The maximum Gasteiger partial charge on any atom is 0.312 e. The molecule has 0 spiro atoms. The third-order valence-corrected chi connectivity index (χ3v) is 3.30. The smallest absolute Gasteiger partial charge is 0.312 e. The molecule has 0 aliphatic rings. The van der Waals surface area contributed by atoms with Crippen LogP contribution in [0, 0.1) is 0 Å². The first-order chi connectivity index (χ1) is 7.10. The predicted octanol–water partition coefficient (Wildman–Crippen LogP) is 3.46. The Morgan fingerprint density at radius 2 is 2.27 bits per heavy atom. The average Bonchev–Trinajstić information content (AvgIpc) is 2.26. The number of hydrogen-bond donors (Lipinski definition) is 0. The number of rotatable bonds is 3. The lowest BCUT2D eigenvalue weighted by atomic mass is 10.0. The third-order valence-electron chi connectivity index (χ3n) is 2.28. The van der Waals surface area contributed by atoms with E-state index in [-0.39, 0.29) is 11.9 Å². The van der Waals surface area contributed by atoms with Crippen molar-refractivity contribution in [3.8, 4) is 0 Å². The molecular weight excluding hydrogens is 279 g/mol. The highest BCUT2D eigenvalue weighted by Gasteiger charge is 2.16. The zero-order valence-corrected chi connectivity index (χ0v) is 10.9. The number of carbonyl (C=O) groups is 1. The van der Waals surface area contributed by atoms with E-state index in [1.165, 1.54) is 7.11 Å². The van der Waals surface area contributed by atoms with Crippen molar-refractivity contribution >= 4 is 33.5 Å². The van der Waals surface area contributed by atoms with Crippen molar-refractivity contribution in [1.29, 1.82) is 0 Å². The van der Waals surface area contributed by atoms with Gasteiger partial charge in [0, 0.05) is 10.4 Å². The van der Waals surface area contributed by atoms with E-state index >= 15 is 0 Å². The Morgan fingerprint density at radius 3 is 2.73 bits per heavy atom. The quantitative estimate of drug-likeness (QED) is 0.630. The fraction of sp³-hybridized carbons (Fsp3) is 0.364. The van der Waals surface area contributed by atoms with Crippen LogP contribution in [-0.4, -0.2) is 13.1 Å². The lowest BCUT2D eigenvalue weighted by Gasteiger charge is -2.11. The Balaban J connectivity index is 2.97. The summed E-state index contributed by atoms with van der Waals surface area (Å²) in [5.41, 5.74) is 1.93. The largest absolute Gasteiger partial charge is 0.469 e. The molecule has 0 radical (unpaired) electrons. The van der Waals surface area contributed by atoms with Gasteiger partial charge in [0.05, 0.1) is 13.0 Å². The first-order valence-electron chi connectivity index (χ1n) is 4.52. The minimum absolute atomic E-state index is 0.236. The normalized spacial score (nSPS) is 12.3. The topological polar surface area (TPSA) is 26.3 Å². The van der Waals surface area contributed by atoms with Crippen molar-refractivity contribution in [3.63, 3.8) is 0 Å². The van der Waals surface area contributed by atoms with Crippen LogP contribution in [0.2, 0.25) is 0 Å². The zero-order chi connectivity index (χ0) is 11.4. The van der Waals surface area contributed by atoms with Gasteiger partial charge in [0.2, 0.25) is 0 Å². The van der Waals surface area contributed by atoms with Crippen LogP contribution in [0.15, 0.2) is 22.7 Å². The molecule has 0 saturated heterocycles. The number of carbonyl (C=O) groups excluding carboxylic acids is 1. The van der Waals surface area contributed by atoms with Gasteiger partial charge in [0.1, 0.15) is 0 Å². The highest BCUT2D eigenvalue weighted by atomic mass is 79.9. The summed E-state index contributed by atoms with van der Waals surface area (Å²) in [4.78, 5) is 11.3. The SMILES string of the molecule is COC(=O)C(C)c1ccc(CCl)c(Br)c1. The molecule has 0 aromatic heterocycles. The second-order valence-electron chi connectivity index (χ2n) is 3.23. The van der Waals surface area contributed by atoms with Gasteiger partial charge < -0.3 is 4.74 Å². The summed E-state index contributed by atoms with van der Waals surface area (Å²) in [6.45, 7) is 1.81. The molecule has 0 bridgehead atoms. The van der Waals surface area contributed by atoms with Crippen LogP contribution >= 0.6 is 27.5 Å². The molecule has 0 amide bonds. The van der Waals surface area contributed by atoms with Crippen molar-refractivity contribution < 1.29 is 9.53 Å². The van der Waals surface area contributed by atoms with Crippen LogP contribution in [0.3, 0.4) is 0 Å². The number of halogens is 2. The van der Waals surface area contributed by atoms with Crippen LogP contribution in [-0.2, 0) is 15.4 Å². The van der Waals surface area contributed by atoms with Crippen molar-refractivity contribution in [1.82, 2.24) is 0 Å². The minimum Gasteiger partial charge on any atom is -0.469 e. The summed E-state index contributed by atoms with van der Waals surface area (Å²) in [6.07, 6.45) is 0. The van der Waals surface area contributed by atoms with E-state index in [1.54, 1.807) is 0 Å². The molecule has 0 N–H and O–H groups in total. The van der Waals surface area contributed by atoms with E-state index in [0.717, 1.165) is 15.6 Å². The van der Waals surface area contributed by atoms with E-state index in [0.29, 0.717) is 5.88 Å². The van der Waals surface area contributed by atoms with Crippen molar-refractivity contribution in [2.45, 2.75) is 18.7 Å². The molecule has 0 aliphatic heterocycles. The van der Waals surface area contributed by atoms with E-state index in [9.17, 15) is 4.79 Å². The molecule has 1 aromatic rings. The molecule has 4 heteroatoms. The van der Waals surface area contributed by atoms with Crippen LogP contribution in [0.4, 0.5) is 0 Å². The van der Waals surface area contributed by atoms with Gasteiger partial charge in [0.25, 0.3) is 0 Å². The highest BCUT2D eigenvalue weighted by molar-refractivity contribution is 9.10. The Kier molecular flexibility index (Phi) is 4.61. The van der Waals surface area contributed by atoms with Gasteiger partial charge in [-0.3, -0.25) is 4.79 Å². The second kappa shape index (κ2) is 5.52. The lowest BCUT2D eigenvalue weighted by molar-refractivity contribution is -0.141. The van der Waals surface area contributed by atoms with Gasteiger partial charge in [-0.1, -0.05) is 28.1 Å². The van der Waals surface area contributed by atoms with Gasteiger partial charge in [-0.25, -0.2) is 0 Å². The van der Waals surface area contributed by atoms with Crippen molar-refractivity contribution in [2.24, 2.45) is 0 Å². The monoisotopic (exact) mass is 290 g/mol. The maximum atomic E-state index is 11.3. The molecule has 0 heterocycles. The first kappa shape index (κ1) is 12.5. The van der Waals surface area contributed by atoms with E-state index < -0.39 is 0 Å². The van der Waals surface area contributed by atoms with E-state index in [1.807, 2.05) is 25.1 Å². The number of benzene rings is 1. The van der Waals surface area contributed by atoms with E-state index in [4.69, 9.17) is 11.6 Å². The summed E-state index contributed by atoms with van der Waals surface area (Å²) in [6, 6.07) is 5.70.